The molecule has 0 atom stereocenters. The highest BCUT2D eigenvalue weighted by atomic mass is 32.2. The Morgan fingerprint density at radius 1 is 1.17 bits per heavy atom. The molecule has 124 valence electrons. The first kappa shape index (κ1) is 16.2. The third-order valence-electron chi connectivity index (χ3n) is 3.95. The van der Waals surface area contributed by atoms with E-state index in [1.54, 1.807) is 19.1 Å². The molecule has 0 saturated carbocycles. The van der Waals surface area contributed by atoms with Gasteiger partial charge in [0, 0.05) is 17.8 Å². The summed E-state index contributed by atoms with van der Waals surface area (Å²) in [5, 5.41) is 2.75. The van der Waals surface area contributed by atoms with Crippen molar-refractivity contribution in [2.45, 2.75) is 18.7 Å². The van der Waals surface area contributed by atoms with Crippen molar-refractivity contribution in [2.75, 3.05) is 11.9 Å². The average molecular weight is 344 g/mol. The van der Waals surface area contributed by atoms with Crippen molar-refractivity contribution in [2.24, 2.45) is 0 Å². The second kappa shape index (κ2) is 5.76. The van der Waals surface area contributed by atoms with Crippen LogP contribution in [0.2, 0.25) is 0 Å². The number of fused-ring (bicyclic) bond motifs is 1. The maximum absolute atomic E-state index is 12.4. The number of para-hydroxylation sites is 1. The predicted octanol–water partition coefficient (Wildman–Crippen LogP) is 2.41. The van der Waals surface area contributed by atoms with Gasteiger partial charge in [-0.15, -0.1) is 0 Å². The van der Waals surface area contributed by atoms with E-state index in [1.165, 1.54) is 18.2 Å². The molecule has 2 aromatic carbocycles. The van der Waals surface area contributed by atoms with Gasteiger partial charge in [0.2, 0.25) is 0 Å². The minimum Gasteiger partial charge on any atom is -0.322 e. The second-order valence-corrected chi connectivity index (χ2v) is 7.29. The first-order chi connectivity index (χ1) is 11.4. The maximum Gasteiger partial charge on any atom is 0.268 e. The Balaban J connectivity index is 1.97. The Kier molecular flexibility index (Phi) is 3.88. The number of rotatable bonds is 3. The van der Waals surface area contributed by atoms with Crippen molar-refractivity contribution in [1.29, 1.82) is 0 Å². The van der Waals surface area contributed by atoms with E-state index >= 15 is 0 Å². The topological polar surface area (TPSA) is 83.6 Å². The van der Waals surface area contributed by atoms with E-state index in [-0.39, 0.29) is 22.6 Å². The number of amides is 2. The van der Waals surface area contributed by atoms with Gasteiger partial charge in [-0.2, -0.15) is 0 Å². The Bertz CT molecular complexity index is 951. The lowest BCUT2D eigenvalue weighted by molar-refractivity contribution is 0.0875. The van der Waals surface area contributed by atoms with Crippen LogP contribution in [-0.4, -0.2) is 31.1 Å². The predicted molar refractivity (Wildman–Crippen MR) is 89.5 cm³/mol. The SMILES string of the molecule is CCN1C(=O)c2ccc(C(=O)Nc3ccccc3C)cc2S1(=O)=O. The van der Waals surface area contributed by atoms with Gasteiger partial charge in [-0.25, -0.2) is 12.7 Å². The van der Waals surface area contributed by atoms with Crippen LogP contribution in [0.3, 0.4) is 0 Å². The quantitative estimate of drug-likeness (QED) is 0.927. The summed E-state index contributed by atoms with van der Waals surface area (Å²) in [5.41, 5.74) is 1.83. The van der Waals surface area contributed by atoms with Crippen LogP contribution in [0.15, 0.2) is 47.4 Å². The third kappa shape index (κ3) is 2.46. The summed E-state index contributed by atoms with van der Waals surface area (Å²) in [6.45, 7) is 3.51. The molecule has 0 spiro atoms. The number of carbonyl (C=O) groups is 2. The van der Waals surface area contributed by atoms with Crippen LogP contribution in [0.4, 0.5) is 5.69 Å². The van der Waals surface area contributed by atoms with Crippen molar-refractivity contribution in [3.63, 3.8) is 0 Å². The summed E-state index contributed by atoms with van der Waals surface area (Å²) in [5.74, 6) is -0.983. The molecule has 1 aliphatic rings. The Hall–Kier alpha value is -2.67. The zero-order valence-electron chi connectivity index (χ0n) is 13.2. The fourth-order valence-corrected chi connectivity index (χ4v) is 4.24. The van der Waals surface area contributed by atoms with Gasteiger partial charge < -0.3 is 5.32 Å². The van der Waals surface area contributed by atoms with E-state index < -0.39 is 21.8 Å². The highest BCUT2D eigenvalue weighted by Crippen LogP contribution is 2.31. The molecule has 6 nitrogen and oxygen atoms in total. The molecule has 3 rings (SSSR count). The van der Waals surface area contributed by atoms with E-state index in [0.29, 0.717) is 5.69 Å². The summed E-state index contributed by atoms with van der Waals surface area (Å²) in [4.78, 5) is 24.4. The third-order valence-corrected chi connectivity index (χ3v) is 5.85. The van der Waals surface area contributed by atoms with Crippen molar-refractivity contribution in [3.05, 3.63) is 59.2 Å². The lowest BCUT2D eigenvalue weighted by Crippen LogP contribution is -2.29. The standard InChI is InChI=1S/C17H16N2O4S/c1-3-19-17(21)13-9-8-12(10-15(13)24(19,22)23)16(20)18-14-7-5-4-6-11(14)2/h4-10H,3H2,1-2H3,(H,18,20). The molecule has 2 amide bonds. The number of sulfonamides is 1. The molecule has 0 saturated heterocycles. The highest BCUT2D eigenvalue weighted by molar-refractivity contribution is 7.90. The smallest absolute Gasteiger partial charge is 0.268 e. The minimum absolute atomic E-state index is 0.0561. The van der Waals surface area contributed by atoms with Gasteiger partial charge in [0.05, 0.1) is 5.56 Å². The van der Waals surface area contributed by atoms with Crippen LogP contribution in [-0.2, 0) is 10.0 Å². The molecule has 0 aromatic heterocycles. The number of nitrogens with one attached hydrogen (secondary N) is 1. The normalized spacial score (nSPS) is 15.2. The number of nitrogens with zero attached hydrogens (tertiary/aromatic N) is 1. The van der Waals surface area contributed by atoms with Crippen molar-refractivity contribution in [1.82, 2.24) is 4.31 Å². The van der Waals surface area contributed by atoms with Gasteiger partial charge in [0.15, 0.2) is 0 Å². The summed E-state index contributed by atoms with van der Waals surface area (Å²) < 4.78 is 25.6. The van der Waals surface area contributed by atoms with E-state index in [2.05, 4.69) is 5.32 Å². The molecule has 7 heteroatoms. The molecule has 0 aliphatic carbocycles. The number of anilines is 1. The van der Waals surface area contributed by atoms with Crippen LogP contribution in [0, 0.1) is 6.92 Å². The molecular formula is C17H16N2O4S. The summed E-state index contributed by atoms with van der Waals surface area (Å²) >= 11 is 0. The molecule has 0 unspecified atom stereocenters. The Labute approximate surface area is 140 Å². The Morgan fingerprint density at radius 2 is 1.88 bits per heavy atom. The largest absolute Gasteiger partial charge is 0.322 e. The summed E-state index contributed by atoms with van der Waals surface area (Å²) in [6, 6.07) is 11.4. The van der Waals surface area contributed by atoms with Gasteiger partial charge in [-0.1, -0.05) is 18.2 Å². The van der Waals surface area contributed by atoms with Crippen molar-refractivity contribution >= 4 is 27.5 Å². The van der Waals surface area contributed by atoms with Gasteiger partial charge >= 0.3 is 0 Å². The maximum atomic E-state index is 12.4. The molecule has 0 bridgehead atoms. The lowest BCUT2D eigenvalue weighted by Gasteiger charge is -2.11. The zero-order valence-corrected chi connectivity index (χ0v) is 14.1. The van der Waals surface area contributed by atoms with Gasteiger partial charge in [-0.05, 0) is 43.7 Å². The highest BCUT2D eigenvalue weighted by Gasteiger charge is 2.40. The molecule has 1 heterocycles. The molecule has 2 aromatic rings. The number of hydrogen-bond acceptors (Lipinski definition) is 4. The molecule has 1 aliphatic heterocycles. The molecule has 24 heavy (non-hydrogen) atoms. The Morgan fingerprint density at radius 3 is 2.54 bits per heavy atom. The van der Waals surface area contributed by atoms with E-state index in [9.17, 15) is 18.0 Å². The molecule has 0 fully saturated rings. The first-order valence-corrected chi connectivity index (χ1v) is 8.88. The van der Waals surface area contributed by atoms with Gasteiger partial charge in [-0.3, -0.25) is 9.59 Å². The first-order valence-electron chi connectivity index (χ1n) is 7.44. The molecule has 1 N–H and O–H groups in total. The number of aryl methyl sites for hydroxylation is 1. The number of benzene rings is 2. The minimum atomic E-state index is -3.88. The van der Waals surface area contributed by atoms with Crippen LogP contribution in [0.25, 0.3) is 0 Å². The zero-order chi connectivity index (χ0) is 17.5. The molecular weight excluding hydrogens is 328 g/mol. The van der Waals surface area contributed by atoms with Crippen LogP contribution in [0.5, 0.6) is 0 Å². The number of carbonyl (C=O) groups excluding carboxylic acids is 2. The van der Waals surface area contributed by atoms with Crippen LogP contribution < -0.4 is 5.32 Å². The van der Waals surface area contributed by atoms with E-state index in [4.69, 9.17) is 0 Å². The monoisotopic (exact) mass is 344 g/mol. The van der Waals surface area contributed by atoms with E-state index in [0.717, 1.165) is 9.87 Å². The fraction of sp³-hybridized carbons (Fsp3) is 0.176. The van der Waals surface area contributed by atoms with Gasteiger partial charge in [0.1, 0.15) is 4.90 Å². The number of hydrogen-bond donors (Lipinski definition) is 1. The van der Waals surface area contributed by atoms with Crippen LogP contribution >= 0.6 is 0 Å². The summed E-state index contributed by atoms with van der Waals surface area (Å²) in [7, 11) is -3.88. The van der Waals surface area contributed by atoms with Crippen molar-refractivity contribution in [3.8, 4) is 0 Å². The van der Waals surface area contributed by atoms with Crippen molar-refractivity contribution < 1.29 is 18.0 Å². The lowest BCUT2D eigenvalue weighted by atomic mass is 10.1. The second-order valence-electron chi connectivity index (χ2n) is 5.45. The van der Waals surface area contributed by atoms with E-state index in [1.807, 2.05) is 19.1 Å². The molecule has 0 radical (unpaired) electrons. The fourth-order valence-electron chi connectivity index (χ4n) is 2.64. The van der Waals surface area contributed by atoms with Gasteiger partial charge in [0.25, 0.3) is 21.8 Å². The average Bonchev–Trinajstić information content (AvgIpc) is 2.75. The van der Waals surface area contributed by atoms with Crippen LogP contribution in [0.1, 0.15) is 33.2 Å². The summed E-state index contributed by atoms with van der Waals surface area (Å²) in [6.07, 6.45) is 0.